The van der Waals surface area contributed by atoms with Crippen LogP contribution in [-0.2, 0) is 10.0 Å². The second-order valence-electron chi connectivity index (χ2n) is 6.78. The van der Waals surface area contributed by atoms with Gasteiger partial charge in [0, 0.05) is 31.7 Å². The van der Waals surface area contributed by atoms with E-state index >= 15 is 0 Å². The van der Waals surface area contributed by atoms with E-state index in [1.807, 2.05) is 4.90 Å². The summed E-state index contributed by atoms with van der Waals surface area (Å²) in [5.74, 6) is 0.287. The third kappa shape index (κ3) is 3.56. The van der Waals surface area contributed by atoms with Crippen LogP contribution >= 0.6 is 0 Å². The fourth-order valence-corrected chi connectivity index (χ4v) is 5.74. The number of urea groups is 1. The number of hydrogen-bond acceptors (Lipinski definition) is 3. The minimum atomic E-state index is -3.03. The van der Waals surface area contributed by atoms with Crippen molar-refractivity contribution in [2.45, 2.75) is 63.5 Å². The van der Waals surface area contributed by atoms with Crippen molar-refractivity contribution in [2.75, 3.05) is 25.4 Å². The van der Waals surface area contributed by atoms with Gasteiger partial charge in [0.05, 0.1) is 5.75 Å². The molecular weight excluding hydrogens is 302 g/mol. The van der Waals surface area contributed by atoms with E-state index in [9.17, 15) is 13.2 Å². The normalized spacial score (nSPS) is 27.9. The molecule has 1 N–H and O–H groups in total. The summed E-state index contributed by atoms with van der Waals surface area (Å²) in [6.07, 6.45) is 8.14. The van der Waals surface area contributed by atoms with Crippen LogP contribution in [0.1, 0.15) is 51.4 Å². The van der Waals surface area contributed by atoms with Crippen molar-refractivity contribution < 1.29 is 13.2 Å². The van der Waals surface area contributed by atoms with Crippen molar-refractivity contribution in [3.63, 3.8) is 0 Å². The lowest BCUT2D eigenvalue weighted by atomic mass is 9.95. The molecule has 2 amide bonds. The predicted octanol–water partition coefficient (Wildman–Crippen LogP) is 1.53. The van der Waals surface area contributed by atoms with Gasteiger partial charge in [-0.15, -0.1) is 0 Å². The van der Waals surface area contributed by atoms with E-state index in [1.54, 1.807) is 4.31 Å². The highest BCUT2D eigenvalue weighted by molar-refractivity contribution is 7.89. The minimum absolute atomic E-state index is 0.0367. The zero-order valence-electron chi connectivity index (χ0n) is 13.2. The van der Waals surface area contributed by atoms with Gasteiger partial charge in [-0.25, -0.2) is 13.2 Å². The van der Waals surface area contributed by atoms with Gasteiger partial charge in [-0.05, 0) is 32.1 Å². The van der Waals surface area contributed by atoms with Crippen molar-refractivity contribution >= 4 is 16.1 Å². The number of likely N-dealkylation sites (tertiary alicyclic amines) is 1. The van der Waals surface area contributed by atoms with Crippen LogP contribution in [0.25, 0.3) is 0 Å². The van der Waals surface area contributed by atoms with Crippen LogP contribution in [0, 0.1) is 0 Å². The van der Waals surface area contributed by atoms with E-state index in [4.69, 9.17) is 0 Å². The van der Waals surface area contributed by atoms with Crippen molar-refractivity contribution in [1.29, 1.82) is 0 Å². The SMILES string of the molecule is O=C(NC1CCCCC1)N1CCC(N2CCCS2(=O)=O)CC1. The minimum Gasteiger partial charge on any atom is -0.335 e. The molecule has 0 spiro atoms. The molecule has 0 aromatic heterocycles. The Bertz CT molecular complexity index is 494. The molecule has 2 saturated heterocycles. The Balaban J connectivity index is 1.48. The molecule has 3 fully saturated rings. The van der Waals surface area contributed by atoms with Gasteiger partial charge in [-0.1, -0.05) is 19.3 Å². The van der Waals surface area contributed by atoms with E-state index in [1.165, 1.54) is 19.3 Å². The Morgan fingerprint density at radius 3 is 2.18 bits per heavy atom. The van der Waals surface area contributed by atoms with Gasteiger partial charge < -0.3 is 10.2 Å². The van der Waals surface area contributed by atoms with Crippen molar-refractivity contribution in [2.24, 2.45) is 0 Å². The first-order chi connectivity index (χ1) is 10.6. The lowest BCUT2D eigenvalue weighted by molar-refractivity contribution is 0.155. The fourth-order valence-electron chi connectivity index (χ4n) is 3.94. The highest BCUT2D eigenvalue weighted by Gasteiger charge is 2.36. The summed E-state index contributed by atoms with van der Waals surface area (Å²) in [5, 5.41) is 3.14. The third-order valence-corrected chi connectivity index (χ3v) is 7.23. The lowest BCUT2D eigenvalue weighted by Crippen LogP contribution is -2.51. The van der Waals surface area contributed by atoms with Crippen LogP contribution in [-0.4, -0.2) is 61.1 Å². The van der Waals surface area contributed by atoms with Crippen molar-refractivity contribution in [1.82, 2.24) is 14.5 Å². The molecule has 2 aliphatic heterocycles. The fraction of sp³-hybridized carbons (Fsp3) is 0.933. The summed E-state index contributed by atoms with van der Waals surface area (Å²) < 4.78 is 25.6. The molecule has 0 radical (unpaired) electrons. The highest BCUT2D eigenvalue weighted by Crippen LogP contribution is 2.25. The van der Waals surface area contributed by atoms with Gasteiger partial charge >= 0.3 is 6.03 Å². The predicted molar refractivity (Wildman–Crippen MR) is 85.1 cm³/mol. The summed E-state index contributed by atoms with van der Waals surface area (Å²) in [6.45, 7) is 1.98. The summed E-state index contributed by atoms with van der Waals surface area (Å²) in [5.41, 5.74) is 0. The van der Waals surface area contributed by atoms with Gasteiger partial charge in [-0.3, -0.25) is 0 Å². The topological polar surface area (TPSA) is 69.7 Å². The molecule has 0 atom stereocenters. The average molecular weight is 329 g/mol. The van der Waals surface area contributed by atoms with E-state index in [0.29, 0.717) is 25.7 Å². The van der Waals surface area contributed by atoms with E-state index in [2.05, 4.69) is 5.32 Å². The largest absolute Gasteiger partial charge is 0.335 e. The van der Waals surface area contributed by atoms with E-state index in [0.717, 1.165) is 32.1 Å². The number of nitrogens with zero attached hydrogens (tertiary/aromatic N) is 2. The van der Waals surface area contributed by atoms with Gasteiger partial charge in [-0.2, -0.15) is 4.31 Å². The molecule has 22 heavy (non-hydrogen) atoms. The summed E-state index contributed by atoms with van der Waals surface area (Å²) in [7, 11) is -3.03. The molecule has 3 rings (SSSR count). The number of carbonyl (C=O) groups is 1. The molecule has 1 aliphatic carbocycles. The molecule has 0 aromatic carbocycles. The van der Waals surface area contributed by atoms with Crippen LogP contribution in [0.5, 0.6) is 0 Å². The maximum atomic E-state index is 12.3. The number of amides is 2. The number of sulfonamides is 1. The van der Waals surface area contributed by atoms with Crippen LogP contribution in [0.3, 0.4) is 0 Å². The summed E-state index contributed by atoms with van der Waals surface area (Å²) in [6, 6.07) is 0.457. The average Bonchev–Trinajstić information content (AvgIpc) is 2.88. The standard InChI is InChI=1S/C15H27N3O3S/c19-15(16-13-5-2-1-3-6-13)17-10-7-14(8-11-17)18-9-4-12-22(18,20)21/h13-14H,1-12H2,(H,16,19). The Hall–Kier alpha value is -0.820. The summed E-state index contributed by atoms with van der Waals surface area (Å²) >= 11 is 0. The van der Waals surface area contributed by atoms with E-state index < -0.39 is 10.0 Å². The zero-order valence-corrected chi connectivity index (χ0v) is 14.0. The van der Waals surface area contributed by atoms with Crippen LogP contribution in [0.2, 0.25) is 0 Å². The number of rotatable bonds is 2. The molecule has 126 valence electrons. The van der Waals surface area contributed by atoms with Gasteiger partial charge in [0.15, 0.2) is 0 Å². The first-order valence-electron chi connectivity index (χ1n) is 8.61. The van der Waals surface area contributed by atoms with Crippen LogP contribution in [0.4, 0.5) is 4.79 Å². The second-order valence-corrected chi connectivity index (χ2v) is 8.82. The molecule has 7 heteroatoms. The molecule has 0 aromatic rings. The van der Waals surface area contributed by atoms with Crippen LogP contribution in [0.15, 0.2) is 0 Å². The number of hydrogen-bond donors (Lipinski definition) is 1. The van der Waals surface area contributed by atoms with Crippen molar-refractivity contribution in [3.05, 3.63) is 0 Å². The van der Waals surface area contributed by atoms with Crippen LogP contribution < -0.4 is 5.32 Å². The van der Waals surface area contributed by atoms with Gasteiger partial charge in [0.2, 0.25) is 10.0 Å². The Morgan fingerprint density at radius 2 is 1.59 bits per heavy atom. The number of nitrogens with one attached hydrogen (secondary N) is 1. The maximum absolute atomic E-state index is 12.3. The number of carbonyl (C=O) groups excluding carboxylic acids is 1. The van der Waals surface area contributed by atoms with Crippen molar-refractivity contribution in [3.8, 4) is 0 Å². The van der Waals surface area contributed by atoms with Gasteiger partial charge in [0.1, 0.15) is 0 Å². The number of piperidine rings is 1. The Morgan fingerprint density at radius 1 is 0.909 bits per heavy atom. The van der Waals surface area contributed by atoms with Gasteiger partial charge in [0.25, 0.3) is 0 Å². The maximum Gasteiger partial charge on any atom is 0.317 e. The first-order valence-corrected chi connectivity index (χ1v) is 10.2. The molecule has 0 unspecified atom stereocenters. The first kappa shape index (κ1) is 16.1. The molecule has 6 nitrogen and oxygen atoms in total. The smallest absolute Gasteiger partial charge is 0.317 e. The Labute approximate surface area is 133 Å². The highest BCUT2D eigenvalue weighted by atomic mass is 32.2. The summed E-state index contributed by atoms with van der Waals surface area (Å²) in [4.78, 5) is 14.2. The molecule has 3 aliphatic rings. The quantitative estimate of drug-likeness (QED) is 0.835. The molecule has 1 saturated carbocycles. The second kappa shape index (κ2) is 6.74. The lowest BCUT2D eigenvalue weighted by Gasteiger charge is -2.36. The molecule has 2 heterocycles. The third-order valence-electron chi connectivity index (χ3n) is 5.23. The van der Waals surface area contributed by atoms with E-state index in [-0.39, 0.29) is 17.8 Å². The molecule has 0 bridgehead atoms. The monoisotopic (exact) mass is 329 g/mol. The zero-order chi connectivity index (χ0) is 15.6. The molecular formula is C15H27N3O3S. The Kier molecular flexibility index (Phi) is 4.92.